The van der Waals surface area contributed by atoms with Crippen LogP contribution in [0.4, 0.5) is 0 Å². The molecule has 0 aliphatic carbocycles. The van der Waals surface area contributed by atoms with Gasteiger partial charge in [0, 0.05) is 22.7 Å². The van der Waals surface area contributed by atoms with Gasteiger partial charge in [0.05, 0.1) is 30.8 Å². The van der Waals surface area contributed by atoms with Crippen molar-refractivity contribution < 1.29 is 9.84 Å². The van der Waals surface area contributed by atoms with Crippen LogP contribution in [-0.4, -0.2) is 28.7 Å². The summed E-state index contributed by atoms with van der Waals surface area (Å²) in [4.78, 5) is 11.0. The number of rotatable bonds is 4. The average Bonchev–Trinajstić information content (AvgIpc) is 2.43. The lowest BCUT2D eigenvalue weighted by Crippen LogP contribution is -2.03. The Hall–Kier alpha value is -2.37. The van der Waals surface area contributed by atoms with Gasteiger partial charge >= 0.3 is 0 Å². The lowest BCUT2D eigenvalue weighted by molar-refractivity contribution is 0.188. The Morgan fingerprint density at radius 1 is 1.50 bits per heavy atom. The third kappa shape index (κ3) is 2.32. The number of azide groups is 1. The zero-order valence-corrected chi connectivity index (χ0v) is 9.69. The van der Waals surface area contributed by atoms with Gasteiger partial charge in [0.15, 0.2) is 0 Å². The zero-order chi connectivity index (χ0) is 13.0. The quantitative estimate of drug-likeness (QED) is 0.505. The second kappa shape index (κ2) is 5.31. The number of aliphatic hydroxyl groups excluding tert-OH is 1. The van der Waals surface area contributed by atoms with E-state index in [2.05, 4.69) is 20.0 Å². The molecule has 92 valence electrons. The minimum Gasteiger partial charge on any atom is -0.481 e. The maximum atomic E-state index is 9.94. The minimum atomic E-state index is -0.911. The number of aliphatic hydroxyl groups is 1. The lowest BCUT2D eigenvalue weighted by Gasteiger charge is -2.10. The van der Waals surface area contributed by atoms with Gasteiger partial charge in [-0.3, -0.25) is 4.98 Å². The van der Waals surface area contributed by atoms with Crippen LogP contribution in [-0.2, 0) is 0 Å². The predicted molar refractivity (Wildman–Crippen MR) is 65.1 cm³/mol. The van der Waals surface area contributed by atoms with E-state index >= 15 is 0 Å². The molecule has 2 aromatic heterocycles. The molecule has 0 amide bonds. The van der Waals surface area contributed by atoms with Crippen molar-refractivity contribution in [3.05, 3.63) is 40.4 Å². The molecule has 0 aromatic carbocycles. The Morgan fingerprint density at radius 3 is 3.06 bits per heavy atom. The molecule has 0 saturated carbocycles. The Bertz CT molecular complexity index is 609. The molecule has 0 saturated heterocycles. The third-order valence-corrected chi connectivity index (χ3v) is 2.48. The third-order valence-electron chi connectivity index (χ3n) is 2.48. The fourth-order valence-electron chi connectivity index (χ4n) is 1.62. The molecule has 0 aliphatic heterocycles. The summed E-state index contributed by atoms with van der Waals surface area (Å²) in [6, 6.07) is 5.09. The van der Waals surface area contributed by atoms with Crippen molar-refractivity contribution in [2.45, 2.75) is 6.10 Å². The van der Waals surface area contributed by atoms with E-state index in [9.17, 15) is 5.11 Å². The number of fused-ring (bicyclic) bond motifs is 1. The molecule has 2 heterocycles. The van der Waals surface area contributed by atoms with Crippen LogP contribution in [0.25, 0.3) is 21.5 Å². The standard InChI is InChI=1S/C11H11N5O2/c1-18-10-3-2-8-11(15-10)7(4-5-13-8)9(17)6-14-16-12/h2-5,9,17H,6H2,1H3. The second-order valence-corrected chi connectivity index (χ2v) is 3.55. The maximum absolute atomic E-state index is 9.94. The van der Waals surface area contributed by atoms with Gasteiger partial charge in [0.1, 0.15) is 0 Å². The first-order valence-corrected chi connectivity index (χ1v) is 5.25. The molecule has 0 bridgehead atoms. The summed E-state index contributed by atoms with van der Waals surface area (Å²) in [5.41, 5.74) is 10.0. The summed E-state index contributed by atoms with van der Waals surface area (Å²) < 4.78 is 5.04. The van der Waals surface area contributed by atoms with Gasteiger partial charge in [0.25, 0.3) is 0 Å². The van der Waals surface area contributed by atoms with E-state index in [1.54, 1.807) is 24.4 Å². The number of nitrogens with zero attached hydrogens (tertiary/aromatic N) is 5. The first kappa shape index (κ1) is 12.1. The van der Waals surface area contributed by atoms with Crippen molar-refractivity contribution in [3.63, 3.8) is 0 Å². The van der Waals surface area contributed by atoms with Gasteiger partial charge in [-0.05, 0) is 17.7 Å². The average molecular weight is 245 g/mol. The van der Waals surface area contributed by atoms with Crippen molar-refractivity contribution in [2.24, 2.45) is 5.11 Å². The topological polar surface area (TPSA) is 104 Å². The molecule has 0 aliphatic rings. The summed E-state index contributed by atoms with van der Waals surface area (Å²) in [7, 11) is 1.51. The monoisotopic (exact) mass is 245 g/mol. The number of aromatic nitrogens is 2. The second-order valence-electron chi connectivity index (χ2n) is 3.55. The molecule has 2 rings (SSSR count). The van der Waals surface area contributed by atoms with Gasteiger partial charge in [-0.1, -0.05) is 5.11 Å². The van der Waals surface area contributed by atoms with Crippen LogP contribution < -0.4 is 4.74 Å². The van der Waals surface area contributed by atoms with Gasteiger partial charge < -0.3 is 9.84 Å². The van der Waals surface area contributed by atoms with Gasteiger partial charge in [0.2, 0.25) is 5.88 Å². The Labute approximate surface area is 103 Å². The van der Waals surface area contributed by atoms with Gasteiger partial charge in [-0.2, -0.15) is 0 Å². The maximum Gasteiger partial charge on any atom is 0.213 e. The number of ether oxygens (including phenoxy) is 1. The lowest BCUT2D eigenvalue weighted by atomic mass is 10.1. The van der Waals surface area contributed by atoms with Crippen LogP contribution in [0.2, 0.25) is 0 Å². The van der Waals surface area contributed by atoms with E-state index in [4.69, 9.17) is 10.3 Å². The molecule has 1 N–H and O–H groups in total. The van der Waals surface area contributed by atoms with Crippen LogP contribution in [0.5, 0.6) is 5.88 Å². The Morgan fingerprint density at radius 2 is 2.33 bits per heavy atom. The van der Waals surface area contributed by atoms with Gasteiger partial charge in [-0.25, -0.2) is 4.98 Å². The highest BCUT2D eigenvalue weighted by Gasteiger charge is 2.12. The van der Waals surface area contributed by atoms with Crippen molar-refractivity contribution >= 4 is 11.0 Å². The molecular formula is C11H11N5O2. The fourth-order valence-corrected chi connectivity index (χ4v) is 1.62. The number of hydrogen-bond donors (Lipinski definition) is 1. The Balaban J connectivity index is 2.51. The summed E-state index contributed by atoms with van der Waals surface area (Å²) in [5.74, 6) is 0.438. The molecular weight excluding hydrogens is 234 g/mol. The molecule has 0 radical (unpaired) electrons. The van der Waals surface area contributed by atoms with E-state index < -0.39 is 6.10 Å². The van der Waals surface area contributed by atoms with E-state index in [0.717, 1.165) is 0 Å². The highest BCUT2D eigenvalue weighted by molar-refractivity contribution is 5.78. The van der Waals surface area contributed by atoms with Crippen molar-refractivity contribution in [1.82, 2.24) is 9.97 Å². The fraction of sp³-hybridized carbons (Fsp3) is 0.273. The first-order valence-electron chi connectivity index (χ1n) is 5.25. The summed E-state index contributed by atoms with van der Waals surface area (Å²) in [6.45, 7) is -0.0471. The highest BCUT2D eigenvalue weighted by Crippen LogP contribution is 2.23. The van der Waals surface area contributed by atoms with Crippen LogP contribution in [0.1, 0.15) is 11.7 Å². The molecule has 1 unspecified atom stereocenters. The normalized spacial score (nSPS) is 11.9. The number of methoxy groups -OCH3 is 1. The predicted octanol–water partition coefficient (Wildman–Crippen LogP) is 1.98. The first-order chi connectivity index (χ1) is 8.76. The molecule has 0 fully saturated rings. The highest BCUT2D eigenvalue weighted by atomic mass is 16.5. The van der Waals surface area contributed by atoms with E-state index in [1.807, 2.05) is 0 Å². The van der Waals surface area contributed by atoms with Crippen LogP contribution in [0.3, 0.4) is 0 Å². The van der Waals surface area contributed by atoms with Crippen LogP contribution in [0.15, 0.2) is 29.5 Å². The number of hydrogen-bond acceptors (Lipinski definition) is 5. The summed E-state index contributed by atoms with van der Waals surface area (Å²) in [6.07, 6.45) is 0.663. The number of pyridine rings is 2. The van der Waals surface area contributed by atoms with E-state index in [0.29, 0.717) is 22.5 Å². The molecule has 7 heteroatoms. The van der Waals surface area contributed by atoms with Crippen LogP contribution >= 0.6 is 0 Å². The largest absolute Gasteiger partial charge is 0.481 e. The van der Waals surface area contributed by atoms with E-state index in [1.165, 1.54) is 7.11 Å². The molecule has 18 heavy (non-hydrogen) atoms. The van der Waals surface area contributed by atoms with Crippen molar-refractivity contribution in [1.29, 1.82) is 0 Å². The zero-order valence-electron chi connectivity index (χ0n) is 9.69. The molecule has 0 spiro atoms. The minimum absolute atomic E-state index is 0.0471. The Kier molecular flexibility index (Phi) is 3.57. The van der Waals surface area contributed by atoms with Crippen LogP contribution in [0, 0.1) is 0 Å². The smallest absolute Gasteiger partial charge is 0.213 e. The summed E-state index contributed by atoms with van der Waals surface area (Å²) >= 11 is 0. The summed E-state index contributed by atoms with van der Waals surface area (Å²) in [5, 5.41) is 13.3. The van der Waals surface area contributed by atoms with Crippen molar-refractivity contribution in [2.75, 3.05) is 13.7 Å². The van der Waals surface area contributed by atoms with Gasteiger partial charge in [-0.15, -0.1) is 0 Å². The molecule has 1 atom stereocenters. The van der Waals surface area contributed by atoms with E-state index in [-0.39, 0.29) is 6.54 Å². The van der Waals surface area contributed by atoms with Crippen molar-refractivity contribution in [3.8, 4) is 5.88 Å². The SMILES string of the molecule is COc1ccc2nccc(C(O)CN=[N+]=[N-])c2n1. The molecule has 2 aromatic rings. The molecule has 7 nitrogen and oxygen atoms in total.